The summed E-state index contributed by atoms with van der Waals surface area (Å²) in [6.07, 6.45) is 0.303. The van der Waals surface area contributed by atoms with Crippen molar-refractivity contribution >= 4 is 27.7 Å². The van der Waals surface area contributed by atoms with Crippen molar-refractivity contribution in [2.75, 3.05) is 7.05 Å². The maximum absolute atomic E-state index is 14.4. The molecule has 0 spiro atoms. The molecule has 6 nitrogen and oxygen atoms in total. The Morgan fingerprint density at radius 1 is 1.00 bits per heavy atom. The molecule has 0 aliphatic carbocycles. The van der Waals surface area contributed by atoms with E-state index >= 15 is 0 Å². The van der Waals surface area contributed by atoms with E-state index in [1.54, 1.807) is 24.3 Å². The fourth-order valence-corrected chi connectivity index (χ4v) is 4.22. The van der Waals surface area contributed by atoms with Crippen molar-refractivity contribution in [3.63, 3.8) is 0 Å². The van der Waals surface area contributed by atoms with Gasteiger partial charge in [-0.05, 0) is 29.8 Å². The number of benzene rings is 3. The number of hydrogen-bond acceptors (Lipinski definition) is 3. The van der Waals surface area contributed by atoms with Crippen molar-refractivity contribution < 1.29 is 14.0 Å². The van der Waals surface area contributed by atoms with Gasteiger partial charge < -0.3 is 10.6 Å². The van der Waals surface area contributed by atoms with Crippen molar-refractivity contribution in [1.29, 1.82) is 0 Å². The fourth-order valence-electron chi connectivity index (χ4n) is 3.77. The molecule has 0 radical (unpaired) electrons. The summed E-state index contributed by atoms with van der Waals surface area (Å²) < 4.78 is 16.7. The van der Waals surface area contributed by atoms with Crippen LogP contribution in [0.25, 0.3) is 11.3 Å². The first-order valence-corrected chi connectivity index (χ1v) is 11.9. The van der Waals surface area contributed by atoms with Gasteiger partial charge in [0, 0.05) is 29.1 Å². The summed E-state index contributed by atoms with van der Waals surface area (Å²) >= 11 is 3.44. The Kier molecular flexibility index (Phi) is 7.72. The van der Waals surface area contributed by atoms with E-state index in [0.29, 0.717) is 17.7 Å². The molecule has 0 aliphatic rings. The highest BCUT2D eigenvalue weighted by atomic mass is 79.9. The van der Waals surface area contributed by atoms with E-state index < -0.39 is 11.9 Å². The van der Waals surface area contributed by atoms with Crippen molar-refractivity contribution in [2.24, 2.45) is 0 Å². The van der Waals surface area contributed by atoms with Crippen LogP contribution in [0.4, 0.5) is 4.39 Å². The first kappa shape index (κ1) is 24.3. The molecule has 0 saturated carbocycles. The van der Waals surface area contributed by atoms with Gasteiger partial charge in [0.1, 0.15) is 17.6 Å². The first-order chi connectivity index (χ1) is 16.9. The van der Waals surface area contributed by atoms with Gasteiger partial charge in [-0.1, -0.05) is 76.6 Å². The van der Waals surface area contributed by atoms with E-state index in [-0.39, 0.29) is 24.0 Å². The monoisotopic (exact) mass is 534 g/mol. The minimum Gasteiger partial charge on any atom is -0.357 e. The summed E-state index contributed by atoms with van der Waals surface area (Å²) in [6, 6.07) is 24.2. The molecular weight excluding hydrogens is 511 g/mol. The third-order valence-corrected chi connectivity index (χ3v) is 6.05. The molecule has 35 heavy (non-hydrogen) atoms. The Morgan fingerprint density at radius 3 is 2.46 bits per heavy atom. The van der Waals surface area contributed by atoms with Crippen LogP contribution in [0.1, 0.15) is 21.6 Å². The number of nitrogens with zero attached hydrogens (tertiary/aromatic N) is 2. The first-order valence-electron chi connectivity index (χ1n) is 11.1. The van der Waals surface area contributed by atoms with Gasteiger partial charge in [0.05, 0.1) is 12.2 Å². The van der Waals surface area contributed by atoms with E-state index in [2.05, 4.69) is 31.7 Å². The molecule has 2 N–H and O–H groups in total. The zero-order valence-corrected chi connectivity index (χ0v) is 20.6. The van der Waals surface area contributed by atoms with Crippen molar-refractivity contribution in [1.82, 2.24) is 20.4 Å². The Labute approximate surface area is 211 Å². The summed E-state index contributed by atoms with van der Waals surface area (Å²) in [6.45, 7) is 0.0680. The molecule has 4 rings (SSSR count). The SMILES string of the molecule is CNC(=O)C(Cc1cccc(Br)c1)NC(=O)c1cc(-c2ccccc2)nn1Cc1ccccc1F. The Hall–Kier alpha value is -3.78. The van der Waals surface area contributed by atoms with Gasteiger partial charge in [0.15, 0.2) is 0 Å². The number of hydrogen-bond donors (Lipinski definition) is 2. The number of halogens is 2. The predicted octanol–water partition coefficient (Wildman–Crippen LogP) is 4.59. The summed E-state index contributed by atoms with van der Waals surface area (Å²) in [5.41, 5.74) is 2.93. The van der Waals surface area contributed by atoms with E-state index in [1.165, 1.54) is 17.8 Å². The number of carbonyl (C=O) groups is 2. The Morgan fingerprint density at radius 2 is 1.74 bits per heavy atom. The zero-order valence-electron chi connectivity index (χ0n) is 19.0. The van der Waals surface area contributed by atoms with Crippen molar-refractivity contribution in [3.8, 4) is 11.3 Å². The molecule has 178 valence electrons. The molecule has 0 aliphatic heterocycles. The van der Waals surface area contributed by atoms with Gasteiger partial charge in [0.25, 0.3) is 5.91 Å². The van der Waals surface area contributed by atoms with E-state index in [9.17, 15) is 14.0 Å². The van der Waals surface area contributed by atoms with Gasteiger partial charge in [-0.25, -0.2) is 4.39 Å². The molecule has 2 amide bonds. The molecule has 1 heterocycles. The smallest absolute Gasteiger partial charge is 0.270 e. The largest absolute Gasteiger partial charge is 0.357 e. The highest BCUT2D eigenvalue weighted by Gasteiger charge is 2.24. The van der Waals surface area contributed by atoms with Gasteiger partial charge in [-0.15, -0.1) is 0 Å². The number of carbonyl (C=O) groups excluding carboxylic acids is 2. The average molecular weight is 535 g/mol. The number of likely N-dealkylation sites (N-methyl/N-ethyl adjacent to an activating group) is 1. The molecular formula is C27H24BrFN4O2. The van der Waals surface area contributed by atoms with Crippen LogP contribution in [0.5, 0.6) is 0 Å². The average Bonchev–Trinajstić information content (AvgIpc) is 3.29. The summed E-state index contributed by atoms with van der Waals surface area (Å²) in [7, 11) is 1.53. The highest BCUT2D eigenvalue weighted by Crippen LogP contribution is 2.21. The third-order valence-electron chi connectivity index (χ3n) is 5.56. The fraction of sp³-hybridized carbons (Fsp3) is 0.148. The van der Waals surface area contributed by atoms with Gasteiger partial charge in [-0.3, -0.25) is 14.3 Å². The second-order valence-electron chi connectivity index (χ2n) is 8.00. The second-order valence-corrected chi connectivity index (χ2v) is 8.92. The molecule has 4 aromatic rings. The normalized spacial score (nSPS) is 11.6. The van der Waals surface area contributed by atoms with E-state index in [4.69, 9.17) is 0 Å². The third kappa shape index (κ3) is 6.02. The van der Waals surface area contributed by atoms with Crippen molar-refractivity contribution in [3.05, 3.63) is 112 Å². The van der Waals surface area contributed by atoms with E-state index in [0.717, 1.165) is 15.6 Å². The zero-order chi connectivity index (χ0) is 24.8. The van der Waals surface area contributed by atoms with Crippen LogP contribution in [-0.2, 0) is 17.8 Å². The topological polar surface area (TPSA) is 76.0 Å². The number of rotatable bonds is 8. The molecule has 1 unspecified atom stereocenters. The molecule has 0 bridgehead atoms. The number of aromatic nitrogens is 2. The van der Waals surface area contributed by atoms with Crippen LogP contribution >= 0.6 is 15.9 Å². The molecule has 1 atom stereocenters. The minimum absolute atomic E-state index is 0.0680. The van der Waals surface area contributed by atoms with E-state index in [1.807, 2.05) is 54.6 Å². The lowest BCUT2D eigenvalue weighted by Gasteiger charge is -2.18. The predicted molar refractivity (Wildman–Crippen MR) is 136 cm³/mol. The maximum atomic E-state index is 14.4. The molecule has 1 aromatic heterocycles. The number of nitrogens with one attached hydrogen (secondary N) is 2. The Balaban J connectivity index is 1.66. The van der Waals surface area contributed by atoms with Crippen LogP contribution in [0, 0.1) is 5.82 Å². The molecule has 0 saturated heterocycles. The molecule has 8 heteroatoms. The second kappa shape index (κ2) is 11.1. The Bertz CT molecular complexity index is 1340. The van der Waals surface area contributed by atoms with Crippen molar-refractivity contribution in [2.45, 2.75) is 19.0 Å². The van der Waals surface area contributed by atoms with Crippen LogP contribution in [-0.4, -0.2) is 34.7 Å². The van der Waals surface area contributed by atoms with Gasteiger partial charge in [0.2, 0.25) is 5.91 Å². The molecule has 3 aromatic carbocycles. The maximum Gasteiger partial charge on any atom is 0.270 e. The van der Waals surface area contributed by atoms with Crippen LogP contribution in [0.15, 0.2) is 89.4 Å². The molecule has 0 fully saturated rings. The summed E-state index contributed by atoms with van der Waals surface area (Å²) in [5.74, 6) is -1.17. The van der Waals surface area contributed by atoms with Crippen LogP contribution in [0.3, 0.4) is 0 Å². The van der Waals surface area contributed by atoms with Crippen LogP contribution in [0.2, 0.25) is 0 Å². The van der Waals surface area contributed by atoms with Gasteiger partial charge in [-0.2, -0.15) is 5.10 Å². The summed E-state index contributed by atoms with van der Waals surface area (Å²) in [5, 5.41) is 10.0. The quantitative estimate of drug-likeness (QED) is 0.347. The van der Waals surface area contributed by atoms with Crippen LogP contribution < -0.4 is 10.6 Å². The lowest BCUT2D eigenvalue weighted by molar-refractivity contribution is -0.122. The standard InChI is InChI=1S/C27H24BrFN4O2/c1-30-26(34)24(15-18-8-7-12-21(28)14-18)31-27(35)25-16-23(19-9-3-2-4-10-19)32-33(25)17-20-11-5-6-13-22(20)29/h2-14,16,24H,15,17H2,1H3,(H,30,34)(H,31,35). The minimum atomic E-state index is -0.807. The van der Waals surface area contributed by atoms with Gasteiger partial charge >= 0.3 is 0 Å². The highest BCUT2D eigenvalue weighted by molar-refractivity contribution is 9.10. The summed E-state index contributed by atoms with van der Waals surface area (Å²) in [4.78, 5) is 26.0. The lowest BCUT2D eigenvalue weighted by atomic mass is 10.0. The lowest BCUT2D eigenvalue weighted by Crippen LogP contribution is -2.47. The number of amides is 2.